The number of aliphatic imine (C=N–C) groups is 1. The average molecular weight is 828 g/mol. The van der Waals surface area contributed by atoms with E-state index in [1.807, 2.05) is 13.8 Å². The molecule has 8 atom stereocenters. The molecule has 332 valence electrons. The van der Waals surface area contributed by atoms with Gasteiger partial charge >= 0.3 is 5.97 Å². The number of aliphatic hydroxyl groups is 1. The number of amides is 7. The first-order valence-electron chi connectivity index (χ1n) is 19.8. The largest absolute Gasteiger partial charge is 0.481 e. The van der Waals surface area contributed by atoms with Crippen LogP contribution in [0, 0.1) is 17.8 Å². The zero-order chi connectivity index (χ0) is 44.7. The molecule has 58 heavy (non-hydrogen) atoms. The second kappa shape index (κ2) is 27.6. The summed E-state index contributed by atoms with van der Waals surface area (Å²) in [4.78, 5) is 107. The van der Waals surface area contributed by atoms with E-state index in [0.29, 0.717) is 19.3 Å². The Morgan fingerprint density at radius 1 is 0.569 bits per heavy atom. The quantitative estimate of drug-likeness (QED) is 0.0212. The molecule has 0 aliphatic carbocycles. The zero-order valence-corrected chi connectivity index (χ0v) is 35.0. The van der Waals surface area contributed by atoms with Gasteiger partial charge in [-0.05, 0) is 83.6 Å². The SMILES string of the molecule is CC(C)C[C@H](NC(=O)[C@H](CCCCN)NC(=O)C(NC(=O)[C@H](C)NC(=O)[C@@H](C)CC(C)C)[C@@H](C)O)C(=O)N[C@@H](CCCN=C(N)N)C(=O)N[C@@H](CCC(=O)O)C(N)=O. The Morgan fingerprint density at radius 3 is 1.55 bits per heavy atom. The lowest BCUT2D eigenvalue weighted by molar-refractivity contribution is -0.138. The number of nitrogens with two attached hydrogens (primary N) is 4. The van der Waals surface area contributed by atoms with Crippen molar-refractivity contribution in [1.82, 2.24) is 31.9 Å². The van der Waals surface area contributed by atoms with Gasteiger partial charge in [0.15, 0.2) is 5.96 Å². The van der Waals surface area contributed by atoms with E-state index in [-0.39, 0.29) is 74.8 Å². The van der Waals surface area contributed by atoms with Crippen LogP contribution < -0.4 is 54.8 Å². The van der Waals surface area contributed by atoms with E-state index < -0.39 is 90.2 Å². The fraction of sp³-hybridized carbons (Fsp3) is 0.757. The van der Waals surface area contributed by atoms with Gasteiger partial charge in [0.1, 0.15) is 36.3 Å². The molecule has 0 aromatic rings. The molecule has 0 aromatic heterocycles. The van der Waals surface area contributed by atoms with Crippen LogP contribution in [0.2, 0.25) is 0 Å². The summed E-state index contributed by atoms with van der Waals surface area (Å²) in [5.74, 6) is -7.12. The monoisotopic (exact) mass is 828 g/mol. The van der Waals surface area contributed by atoms with Gasteiger partial charge in [-0.25, -0.2) is 0 Å². The summed E-state index contributed by atoms with van der Waals surface area (Å²) in [5, 5.41) is 34.8. The van der Waals surface area contributed by atoms with Crippen molar-refractivity contribution in [2.24, 2.45) is 45.7 Å². The van der Waals surface area contributed by atoms with Crippen LogP contribution in [0.15, 0.2) is 4.99 Å². The fourth-order valence-electron chi connectivity index (χ4n) is 5.79. The maximum atomic E-state index is 13.8. The first-order chi connectivity index (χ1) is 27.0. The van der Waals surface area contributed by atoms with Crippen molar-refractivity contribution >= 4 is 53.3 Å². The van der Waals surface area contributed by atoms with Crippen molar-refractivity contribution in [2.75, 3.05) is 13.1 Å². The standard InChI is InChI=1S/C37H69N11O10/c1-19(2)17-21(5)31(53)43-22(6)32(54)48-29(23(7)49)36(58)46-25(11-8-9-15-38)34(56)47-27(18-20(3)4)35(57)45-26(12-10-16-42-37(40)41)33(55)44-24(30(39)52)13-14-28(50)51/h19-27,29,49H,8-18,38H2,1-7H3,(H2,39,52)(H,43,53)(H,44,55)(H,45,57)(H,46,58)(H,47,56)(H,48,54)(H,50,51)(H4,40,41,42)/t21-,22-,23+,24-,25-,26-,27-,29?/m0/s1. The molecule has 0 saturated heterocycles. The first kappa shape index (κ1) is 52.9. The van der Waals surface area contributed by atoms with Gasteiger partial charge in [-0.1, -0.05) is 34.6 Å². The summed E-state index contributed by atoms with van der Waals surface area (Å²) in [7, 11) is 0. The molecule has 0 saturated carbocycles. The average Bonchev–Trinajstić information content (AvgIpc) is 3.11. The molecule has 0 bridgehead atoms. The number of rotatable bonds is 29. The van der Waals surface area contributed by atoms with Crippen LogP contribution in [0.1, 0.15) is 106 Å². The smallest absolute Gasteiger partial charge is 0.303 e. The molecule has 21 nitrogen and oxygen atoms in total. The van der Waals surface area contributed by atoms with Gasteiger partial charge < -0.3 is 65.0 Å². The Bertz CT molecular complexity index is 1410. The van der Waals surface area contributed by atoms with Gasteiger partial charge in [-0.15, -0.1) is 0 Å². The normalized spacial score (nSPS) is 15.3. The molecule has 21 heteroatoms. The van der Waals surface area contributed by atoms with Gasteiger partial charge in [-0.3, -0.25) is 43.3 Å². The third kappa shape index (κ3) is 22.0. The molecule has 0 aliphatic rings. The Balaban J connectivity index is 6.27. The van der Waals surface area contributed by atoms with E-state index in [1.54, 1.807) is 20.8 Å². The number of carboxylic acid groups (broad SMARTS) is 1. The summed E-state index contributed by atoms with van der Waals surface area (Å²) in [6, 6.07) is -7.76. The van der Waals surface area contributed by atoms with E-state index >= 15 is 0 Å². The molecule has 16 N–H and O–H groups in total. The number of guanidine groups is 1. The lowest BCUT2D eigenvalue weighted by atomic mass is 9.98. The molecule has 0 rings (SSSR count). The van der Waals surface area contributed by atoms with Crippen molar-refractivity contribution < 1.29 is 48.6 Å². The predicted molar refractivity (Wildman–Crippen MR) is 216 cm³/mol. The lowest BCUT2D eigenvalue weighted by Crippen LogP contribution is -2.61. The lowest BCUT2D eigenvalue weighted by Gasteiger charge is -2.28. The second-order valence-electron chi connectivity index (χ2n) is 15.4. The van der Waals surface area contributed by atoms with Crippen LogP contribution in [0.5, 0.6) is 0 Å². The minimum atomic E-state index is -1.53. The number of nitrogens with zero attached hydrogens (tertiary/aromatic N) is 1. The summed E-state index contributed by atoms with van der Waals surface area (Å²) in [5.41, 5.74) is 21.8. The second-order valence-corrected chi connectivity index (χ2v) is 15.4. The van der Waals surface area contributed by atoms with Crippen LogP contribution in [0.25, 0.3) is 0 Å². The minimum Gasteiger partial charge on any atom is -0.481 e. The topological polar surface area (TPSA) is 366 Å². The molecular formula is C37H69N11O10. The van der Waals surface area contributed by atoms with Crippen LogP contribution in [-0.2, 0) is 38.4 Å². The van der Waals surface area contributed by atoms with Crippen molar-refractivity contribution in [2.45, 2.75) is 149 Å². The van der Waals surface area contributed by atoms with E-state index in [4.69, 9.17) is 28.0 Å². The first-order valence-corrected chi connectivity index (χ1v) is 19.8. The summed E-state index contributed by atoms with van der Waals surface area (Å²) >= 11 is 0. The van der Waals surface area contributed by atoms with E-state index in [9.17, 15) is 43.5 Å². The molecule has 0 aromatic carbocycles. The Hall–Kier alpha value is -5.05. The molecule has 1 unspecified atom stereocenters. The number of aliphatic hydroxyl groups excluding tert-OH is 1. The van der Waals surface area contributed by atoms with Crippen molar-refractivity contribution in [3.8, 4) is 0 Å². The molecule has 0 fully saturated rings. The number of nitrogens with one attached hydrogen (secondary N) is 6. The molecule has 0 heterocycles. The van der Waals surface area contributed by atoms with Crippen LogP contribution in [-0.4, -0.2) is 119 Å². The van der Waals surface area contributed by atoms with Gasteiger partial charge in [0, 0.05) is 18.9 Å². The zero-order valence-electron chi connectivity index (χ0n) is 35.0. The van der Waals surface area contributed by atoms with Gasteiger partial charge in [0.05, 0.1) is 6.10 Å². The number of aliphatic carboxylic acids is 1. The predicted octanol–water partition coefficient (Wildman–Crippen LogP) is -2.44. The summed E-state index contributed by atoms with van der Waals surface area (Å²) in [6.07, 6.45) is -0.458. The third-order valence-electron chi connectivity index (χ3n) is 8.89. The van der Waals surface area contributed by atoms with Crippen LogP contribution in [0.4, 0.5) is 0 Å². The molecule has 0 radical (unpaired) electrons. The highest BCUT2D eigenvalue weighted by molar-refractivity contribution is 5.97. The molecular weight excluding hydrogens is 758 g/mol. The van der Waals surface area contributed by atoms with Crippen LogP contribution in [0.3, 0.4) is 0 Å². The Morgan fingerprint density at radius 2 is 1.07 bits per heavy atom. The van der Waals surface area contributed by atoms with Crippen molar-refractivity contribution in [1.29, 1.82) is 0 Å². The highest BCUT2D eigenvalue weighted by Crippen LogP contribution is 2.12. The van der Waals surface area contributed by atoms with Gasteiger partial charge in [0.2, 0.25) is 41.4 Å². The molecule has 7 amide bonds. The van der Waals surface area contributed by atoms with Gasteiger partial charge in [0.25, 0.3) is 0 Å². The molecule has 0 aliphatic heterocycles. The highest BCUT2D eigenvalue weighted by Gasteiger charge is 2.34. The van der Waals surface area contributed by atoms with E-state index in [0.717, 1.165) is 0 Å². The number of carboxylic acids is 1. The Kier molecular flexibility index (Phi) is 25.2. The van der Waals surface area contributed by atoms with E-state index in [1.165, 1.54) is 13.8 Å². The van der Waals surface area contributed by atoms with Crippen molar-refractivity contribution in [3.63, 3.8) is 0 Å². The highest BCUT2D eigenvalue weighted by atomic mass is 16.4. The number of primary amides is 1. The number of carbonyl (C=O) groups excluding carboxylic acids is 7. The third-order valence-corrected chi connectivity index (χ3v) is 8.89. The van der Waals surface area contributed by atoms with Gasteiger partial charge in [-0.2, -0.15) is 0 Å². The van der Waals surface area contributed by atoms with Crippen LogP contribution >= 0.6 is 0 Å². The number of hydrogen-bond acceptors (Lipinski definition) is 11. The minimum absolute atomic E-state index is 0.0371. The maximum Gasteiger partial charge on any atom is 0.303 e. The number of unbranched alkanes of at least 4 members (excludes halogenated alkanes) is 1. The Labute approximate surface area is 340 Å². The fourth-order valence-corrected chi connectivity index (χ4v) is 5.79. The number of hydrogen-bond donors (Lipinski definition) is 12. The molecule has 0 spiro atoms. The number of carbonyl (C=O) groups is 8. The maximum absolute atomic E-state index is 13.8. The van der Waals surface area contributed by atoms with Crippen molar-refractivity contribution in [3.05, 3.63) is 0 Å². The summed E-state index contributed by atoms with van der Waals surface area (Å²) in [6.45, 7) is 12.3. The summed E-state index contributed by atoms with van der Waals surface area (Å²) < 4.78 is 0. The van der Waals surface area contributed by atoms with E-state index in [2.05, 4.69) is 36.9 Å².